The van der Waals surface area contributed by atoms with Crippen molar-refractivity contribution in [3.8, 4) is 5.69 Å². The van der Waals surface area contributed by atoms with E-state index in [0.717, 1.165) is 12.2 Å². The molecule has 5 nitrogen and oxygen atoms in total. The Morgan fingerprint density at radius 3 is 2.95 bits per heavy atom. The highest BCUT2D eigenvalue weighted by atomic mass is 15.5. The van der Waals surface area contributed by atoms with Crippen LogP contribution in [0.25, 0.3) is 5.69 Å². The number of benzene rings is 1. The lowest BCUT2D eigenvalue weighted by molar-refractivity contribution is 0.457. The van der Waals surface area contributed by atoms with Crippen LogP contribution in [0.2, 0.25) is 0 Å². The molecular formula is C14H19N5. The van der Waals surface area contributed by atoms with Gasteiger partial charge in [-0.25, -0.2) is 4.68 Å². The molecule has 2 aromatic rings. The van der Waals surface area contributed by atoms with Gasteiger partial charge in [0, 0.05) is 12.6 Å². The zero-order valence-electron chi connectivity index (χ0n) is 11.4. The Morgan fingerprint density at radius 1 is 1.42 bits per heavy atom. The maximum absolute atomic E-state index is 3.92. The van der Waals surface area contributed by atoms with Crippen LogP contribution >= 0.6 is 0 Å². The summed E-state index contributed by atoms with van der Waals surface area (Å²) in [6.45, 7) is 5.62. The van der Waals surface area contributed by atoms with Crippen molar-refractivity contribution in [2.45, 2.75) is 32.7 Å². The highest BCUT2D eigenvalue weighted by molar-refractivity contribution is 5.35. The van der Waals surface area contributed by atoms with Crippen LogP contribution in [-0.2, 0) is 0 Å². The number of nitrogens with zero attached hydrogens (tertiary/aromatic N) is 4. The molecule has 0 saturated heterocycles. The van der Waals surface area contributed by atoms with E-state index in [1.54, 1.807) is 11.0 Å². The monoisotopic (exact) mass is 257 g/mol. The predicted octanol–water partition coefficient (Wildman–Crippen LogP) is 2.11. The molecule has 0 radical (unpaired) electrons. The molecular weight excluding hydrogens is 238 g/mol. The van der Waals surface area contributed by atoms with Crippen molar-refractivity contribution < 1.29 is 0 Å². The molecule has 1 aliphatic carbocycles. The molecule has 1 aromatic heterocycles. The van der Waals surface area contributed by atoms with E-state index < -0.39 is 0 Å². The molecule has 0 spiro atoms. The zero-order chi connectivity index (χ0) is 13.3. The third-order valence-corrected chi connectivity index (χ3v) is 3.92. The number of tetrazole rings is 1. The fourth-order valence-electron chi connectivity index (χ4n) is 2.12. The van der Waals surface area contributed by atoms with Crippen molar-refractivity contribution in [2.75, 3.05) is 6.54 Å². The van der Waals surface area contributed by atoms with E-state index in [1.807, 2.05) is 12.1 Å². The lowest BCUT2D eigenvalue weighted by atomic mass is 10.1. The summed E-state index contributed by atoms with van der Waals surface area (Å²) in [6, 6.07) is 8.66. The fourth-order valence-corrected chi connectivity index (χ4v) is 2.12. The molecule has 1 fully saturated rings. The second-order valence-electron chi connectivity index (χ2n) is 5.76. The van der Waals surface area contributed by atoms with E-state index in [4.69, 9.17) is 0 Å². The average molecular weight is 257 g/mol. The number of hydrogen-bond donors (Lipinski definition) is 1. The molecule has 3 rings (SSSR count). The van der Waals surface area contributed by atoms with E-state index in [2.05, 4.69) is 46.8 Å². The van der Waals surface area contributed by atoms with Crippen molar-refractivity contribution >= 4 is 0 Å². The van der Waals surface area contributed by atoms with Gasteiger partial charge in [0.15, 0.2) is 0 Å². The third-order valence-electron chi connectivity index (χ3n) is 3.92. The summed E-state index contributed by atoms with van der Waals surface area (Å²) in [5.74, 6) is 0. The van der Waals surface area contributed by atoms with Gasteiger partial charge >= 0.3 is 0 Å². The molecule has 1 unspecified atom stereocenters. The quantitative estimate of drug-likeness (QED) is 0.891. The number of nitrogens with one attached hydrogen (secondary N) is 1. The number of rotatable bonds is 5. The van der Waals surface area contributed by atoms with Gasteiger partial charge in [-0.15, -0.1) is 5.10 Å². The first-order chi connectivity index (χ1) is 9.16. The maximum Gasteiger partial charge on any atom is 0.143 e. The maximum atomic E-state index is 3.92. The Hall–Kier alpha value is -1.75. The van der Waals surface area contributed by atoms with Gasteiger partial charge in [-0.2, -0.15) is 0 Å². The number of aromatic nitrogens is 4. The standard InChI is InChI=1S/C14H19N5/c1-11(15-9-14(2)6-7-14)12-4-3-5-13(8-12)19-10-16-17-18-19/h3-5,8,10-11,15H,6-7,9H2,1-2H3. The SMILES string of the molecule is CC(NCC1(C)CC1)c1cccc(-n2cnnn2)c1. The van der Waals surface area contributed by atoms with Crippen LogP contribution in [0, 0.1) is 5.41 Å². The van der Waals surface area contributed by atoms with Crippen molar-refractivity contribution in [3.63, 3.8) is 0 Å². The minimum Gasteiger partial charge on any atom is -0.310 e. The summed E-state index contributed by atoms with van der Waals surface area (Å²) >= 11 is 0. The third kappa shape index (κ3) is 2.81. The molecule has 1 atom stereocenters. The van der Waals surface area contributed by atoms with Crippen molar-refractivity contribution in [1.82, 2.24) is 25.5 Å². The van der Waals surface area contributed by atoms with Crippen molar-refractivity contribution in [1.29, 1.82) is 0 Å². The highest BCUT2D eigenvalue weighted by Crippen LogP contribution is 2.44. The van der Waals surface area contributed by atoms with Crippen LogP contribution < -0.4 is 5.32 Å². The second kappa shape index (κ2) is 4.74. The summed E-state index contributed by atoms with van der Waals surface area (Å²) in [4.78, 5) is 0. The van der Waals surface area contributed by atoms with Crippen LogP contribution in [0.15, 0.2) is 30.6 Å². The fraction of sp³-hybridized carbons (Fsp3) is 0.500. The Kier molecular flexibility index (Phi) is 3.06. The molecule has 19 heavy (non-hydrogen) atoms. The van der Waals surface area contributed by atoms with Gasteiger partial charge in [-0.1, -0.05) is 19.1 Å². The van der Waals surface area contributed by atoms with Gasteiger partial charge in [-0.3, -0.25) is 0 Å². The molecule has 1 heterocycles. The molecule has 0 bridgehead atoms. The van der Waals surface area contributed by atoms with E-state index in [0.29, 0.717) is 11.5 Å². The Balaban J connectivity index is 1.71. The van der Waals surface area contributed by atoms with Gasteiger partial charge in [-0.05, 0) is 53.3 Å². The first kappa shape index (κ1) is 12.3. The van der Waals surface area contributed by atoms with Gasteiger partial charge < -0.3 is 5.32 Å². The molecule has 1 N–H and O–H groups in total. The Bertz CT molecular complexity index is 545. The smallest absolute Gasteiger partial charge is 0.143 e. The highest BCUT2D eigenvalue weighted by Gasteiger charge is 2.36. The van der Waals surface area contributed by atoms with E-state index in [9.17, 15) is 0 Å². The van der Waals surface area contributed by atoms with Gasteiger partial charge in [0.05, 0.1) is 5.69 Å². The Morgan fingerprint density at radius 2 is 2.26 bits per heavy atom. The molecule has 0 aliphatic heterocycles. The zero-order valence-corrected chi connectivity index (χ0v) is 11.4. The van der Waals surface area contributed by atoms with Crippen LogP contribution in [0.1, 0.15) is 38.3 Å². The Labute approximate surface area is 113 Å². The number of hydrogen-bond acceptors (Lipinski definition) is 4. The first-order valence-corrected chi connectivity index (χ1v) is 6.73. The first-order valence-electron chi connectivity index (χ1n) is 6.73. The molecule has 100 valence electrons. The topological polar surface area (TPSA) is 55.6 Å². The molecule has 0 amide bonds. The van der Waals surface area contributed by atoms with Crippen LogP contribution in [-0.4, -0.2) is 26.8 Å². The van der Waals surface area contributed by atoms with Crippen molar-refractivity contribution in [2.24, 2.45) is 5.41 Å². The minimum absolute atomic E-state index is 0.342. The molecule has 1 aliphatic rings. The molecule has 1 aromatic carbocycles. The predicted molar refractivity (Wildman–Crippen MR) is 72.9 cm³/mol. The summed E-state index contributed by atoms with van der Waals surface area (Å²) in [5, 5.41) is 14.9. The van der Waals surface area contributed by atoms with Crippen LogP contribution in [0.4, 0.5) is 0 Å². The van der Waals surface area contributed by atoms with Crippen molar-refractivity contribution in [3.05, 3.63) is 36.2 Å². The lowest BCUT2D eigenvalue weighted by Crippen LogP contribution is -2.25. The lowest BCUT2D eigenvalue weighted by Gasteiger charge is -2.18. The van der Waals surface area contributed by atoms with Crippen LogP contribution in [0.3, 0.4) is 0 Å². The molecule has 5 heteroatoms. The van der Waals surface area contributed by atoms with E-state index in [-0.39, 0.29) is 0 Å². The summed E-state index contributed by atoms with van der Waals surface area (Å²) in [6.07, 6.45) is 4.30. The van der Waals surface area contributed by atoms with Gasteiger partial charge in [0.25, 0.3) is 0 Å². The van der Waals surface area contributed by atoms with Gasteiger partial charge in [0.2, 0.25) is 0 Å². The normalized spacial score (nSPS) is 18.2. The summed E-state index contributed by atoms with van der Waals surface area (Å²) in [5.41, 5.74) is 2.79. The summed E-state index contributed by atoms with van der Waals surface area (Å²) < 4.78 is 1.68. The van der Waals surface area contributed by atoms with E-state index >= 15 is 0 Å². The average Bonchev–Trinajstić information content (AvgIpc) is 2.95. The molecule has 1 saturated carbocycles. The largest absolute Gasteiger partial charge is 0.310 e. The van der Waals surface area contributed by atoms with E-state index in [1.165, 1.54) is 18.4 Å². The van der Waals surface area contributed by atoms with Crippen LogP contribution in [0.5, 0.6) is 0 Å². The minimum atomic E-state index is 0.342. The summed E-state index contributed by atoms with van der Waals surface area (Å²) in [7, 11) is 0. The second-order valence-corrected chi connectivity index (χ2v) is 5.76. The van der Waals surface area contributed by atoms with Gasteiger partial charge in [0.1, 0.15) is 6.33 Å².